The molecule has 2 N–H and O–H groups in total. The van der Waals surface area contributed by atoms with Gasteiger partial charge >= 0.3 is 5.97 Å². The molecule has 128 valence electrons. The van der Waals surface area contributed by atoms with Gasteiger partial charge in [0.05, 0.1) is 23.7 Å². The van der Waals surface area contributed by atoms with Crippen LogP contribution in [0.1, 0.15) is 71.6 Å². The Morgan fingerprint density at radius 2 is 1.55 bits per heavy atom. The van der Waals surface area contributed by atoms with E-state index in [1.807, 2.05) is 13.8 Å². The molecule has 0 aromatic carbocycles. The van der Waals surface area contributed by atoms with Crippen molar-refractivity contribution in [1.82, 2.24) is 0 Å². The average Bonchev–Trinajstić information content (AvgIpc) is 3.09. The van der Waals surface area contributed by atoms with Gasteiger partial charge in [-0.15, -0.1) is 0 Å². The maximum absolute atomic E-state index is 12.2. The van der Waals surface area contributed by atoms with Gasteiger partial charge in [0, 0.05) is 0 Å². The molecule has 0 aromatic rings. The normalized spacial score (nSPS) is 26.1. The van der Waals surface area contributed by atoms with Crippen LogP contribution in [0, 0.1) is 5.92 Å². The maximum Gasteiger partial charge on any atom is 0.321 e. The van der Waals surface area contributed by atoms with Crippen LogP contribution in [0.5, 0.6) is 0 Å². The van der Waals surface area contributed by atoms with E-state index in [0.717, 1.165) is 25.7 Å². The third-order valence-corrected chi connectivity index (χ3v) is 6.91. The van der Waals surface area contributed by atoms with Crippen molar-refractivity contribution in [2.24, 2.45) is 5.92 Å². The van der Waals surface area contributed by atoms with Crippen molar-refractivity contribution >= 4 is 28.6 Å². The Kier molecular flexibility index (Phi) is 5.82. The van der Waals surface area contributed by atoms with Gasteiger partial charge in [0.15, 0.2) is 0 Å². The number of halogens is 1. The largest absolute Gasteiger partial charge is 0.464 e. The number of rotatable bonds is 6. The first-order valence-corrected chi connectivity index (χ1v) is 9.62. The SMILES string of the molecule is CCC(C)(I)C(=O)OCC(C1(O)CCCC1)C1(O)CCCC1. The minimum absolute atomic E-state index is 0.129. The van der Waals surface area contributed by atoms with Crippen LogP contribution in [-0.4, -0.2) is 37.4 Å². The van der Waals surface area contributed by atoms with Crippen molar-refractivity contribution in [2.75, 3.05) is 6.61 Å². The summed E-state index contributed by atoms with van der Waals surface area (Å²) >= 11 is 2.12. The van der Waals surface area contributed by atoms with Gasteiger partial charge in [-0.2, -0.15) is 0 Å². The molecule has 0 aromatic heterocycles. The molecule has 0 radical (unpaired) electrons. The topological polar surface area (TPSA) is 66.8 Å². The van der Waals surface area contributed by atoms with E-state index >= 15 is 0 Å². The first kappa shape index (κ1) is 18.5. The van der Waals surface area contributed by atoms with E-state index in [1.54, 1.807) is 0 Å². The zero-order valence-corrected chi connectivity index (χ0v) is 15.9. The Balaban J connectivity index is 2.10. The van der Waals surface area contributed by atoms with Gasteiger partial charge in [-0.3, -0.25) is 4.79 Å². The second kappa shape index (κ2) is 6.93. The molecule has 0 heterocycles. The molecular formula is C17H29IO4. The molecule has 2 rings (SSSR count). The monoisotopic (exact) mass is 424 g/mol. The molecule has 5 heteroatoms. The van der Waals surface area contributed by atoms with Crippen LogP contribution < -0.4 is 0 Å². The highest BCUT2D eigenvalue weighted by Gasteiger charge is 2.52. The Labute approximate surface area is 147 Å². The van der Waals surface area contributed by atoms with Crippen molar-refractivity contribution in [3.05, 3.63) is 0 Å². The van der Waals surface area contributed by atoms with Crippen molar-refractivity contribution < 1.29 is 19.7 Å². The molecular weight excluding hydrogens is 395 g/mol. The van der Waals surface area contributed by atoms with E-state index in [9.17, 15) is 15.0 Å². The van der Waals surface area contributed by atoms with E-state index in [1.165, 1.54) is 0 Å². The Morgan fingerprint density at radius 1 is 1.14 bits per heavy atom. The zero-order chi connectivity index (χ0) is 16.4. The van der Waals surface area contributed by atoms with Crippen LogP contribution in [-0.2, 0) is 9.53 Å². The number of esters is 1. The standard InChI is InChI=1S/C17H29IO4/c1-3-15(2,18)14(19)22-12-13(16(20)8-4-5-9-16)17(21)10-6-7-11-17/h13,20-21H,3-12H2,1-2H3. The fourth-order valence-corrected chi connectivity index (χ4v) is 4.09. The molecule has 0 spiro atoms. The second-order valence-corrected chi connectivity index (χ2v) is 9.70. The zero-order valence-electron chi connectivity index (χ0n) is 13.7. The smallest absolute Gasteiger partial charge is 0.321 e. The first-order valence-electron chi connectivity index (χ1n) is 8.54. The summed E-state index contributed by atoms with van der Waals surface area (Å²) in [5.74, 6) is -0.609. The van der Waals surface area contributed by atoms with Gasteiger partial charge in [-0.05, 0) is 39.0 Å². The van der Waals surface area contributed by atoms with Crippen LogP contribution in [0.2, 0.25) is 0 Å². The summed E-state index contributed by atoms with van der Waals surface area (Å²) < 4.78 is 5.01. The molecule has 4 nitrogen and oxygen atoms in total. The van der Waals surface area contributed by atoms with Crippen LogP contribution in [0.25, 0.3) is 0 Å². The van der Waals surface area contributed by atoms with E-state index in [-0.39, 0.29) is 18.5 Å². The summed E-state index contributed by atoms with van der Waals surface area (Å²) in [5, 5.41) is 22.0. The van der Waals surface area contributed by atoms with Crippen molar-refractivity contribution in [2.45, 2.75) is 86.3 Å². The van der Waals surface area contributed by atoms with Crippen LogP contribution >= 0.6 is 22.6 Å². The van der Waals surface area contributed by atoms with Crippen molar-refractivity contribution in [1.29, 1.82) is 0 Å². The molecule has 0 bridgehead atoms. The number of hydrogen-bond acceptors (Lipinski definition) is 4. The summed E-state index contributed by atoms with van der Waals surface area (Å²) in [5.41, 5.74) is -1.76. The molecule has 1 unspecified atom stereocenters. The summed E-state index contributed by atoms with van der Waals surface area (Å²) in [6.07, 6.45) is 7.43. The van der Waals surface area contributed by atoms with Gasteiger partial charge < -0.3 is 14.9 Å². The fraction of sp³-hybridized carbons (Fsp3) is 0.941. The van der Waals surface area contributed by atoms with Crippen LogP contribution in [0.3, 0.4) is 0 Å². The lowest BCUT2D eigenvalue weighted by molar-refractivity contribution is -0.166. The lowest BCUT2D eigenvalue weighted by Crippen LogP contribution is -2.52. The molecule has 2 aliphatic rings. The molecule has 0 amide bonds. The summed E-state index contributed by atoms with van der Waals surface area (Å²) in [4.78, 5) is 12.2. The molecule has 0 saturated heterocycles. The first-order chi connectivity index (χ1) is 10.2. The Morgan fingerprint density at radius 3 is 1.91 bits per heavy atom. The van der Waals surface area contributed by atoms with Crippen molar-refractivity contribution in [3.63, 3.8) is 0 Å². The highest BCUT2D eigenvalue weighted by Crippen LogP contribution is 2.47. The summed E-state index contributed by atoms with van der Waals surface area (Å²) in [6, 6.07) is 0. The quantitative estimate of drug-likeness (QED) is 0.390. The second-order valence-electron chi connectivity index (χ2n) is 7.32. The van der Waals surface area contributed by atoms with E-state index in [2.05, 4.69) is 22.6 Å². The number of carbonyl (C=O) groups is 1. The number of hydrogen-bond donors (Lipinski definition) is 2. The predicted octanol–water partition coefficient (Wildman–Crippen LogP) is 3.36. The van der Waals surface area contributed by atoms with E-state index in [4.69, 9.17) is 4.74 Å². The summed E-state index contributed by atoms with van der Waals surface area (Å²) in [7, 11) is 0. The van der Waals surface area contributed by atoms with E-state index < -0.39 is 14.6 Å². The van der Waals surface area contributed by atoms with Gasteiger partial charge in [0.25, 0.3) is 0 Å². The number of ether oxygens (including phenoxy) is 1. The third kappa shape index (κ3) is 3.78. The predicted molar refractivity (Wildman–Crippen MR) is 94.0 cm³/mol. The molecule has 22 heavy (non-hydrogen) atoms. The Hall–Kier alpha value is 0.120. The van der Waals surface area contributed by atoms with Gasteiger partial charge in [0.1, 0.15) is 3.42 Å². The average molecular weight is 424 g/mol. The van der Waals surface area contributed by atoms with Gasteiger partial charge in [-0.25, -0.2) is 0 Å². The molecule has 0 aliphatic heterocycles. The van der Waals surface area contributed by atoms with Crippen LogP contribution in [0.4, 0.5) is 0 Å². The lowest BCUT2D eigenvalue weighted by Gasteiger charge is -2.42. The van der Waals surface area contributed by atoms with Crippen LogP contribution in [0.15, 0.2) is 0 Å². The minimum Gasteiger partial charge on any atom is -0.464 e. The van der Waals surface area contributed by atoms with E-state index in [0.29, 0.717) is 32.1 Å². The number of aliphatic hydroxyl groups is 2. The molecule has 2 fully saturated rings. The maximum atomic E-state index is 12.2. The van der Waals surface area contributed by atoms with Gasteiger partial charge in [0.2, 0.25) is 0 Å². The summed E-state index contributed by atoms with van der Waals surface area (Å²) in [6.45, 7) is 3.95. The fourth-order valence-electron chi connectivity index (χ4n) is 3.94. The number of alkyl halides is 1. The number of carbonyl (C=O) groups excluding carboxylic acids is 1. The highest BCUT2D eigenvalue weighted by atomic mass is 127. The van der Waals surface area contributed by atoms with Crippen molar-refractivity contribution in [3.8, 4) is 0 Å². The molecule has 2 saturated carbocycles. The molecule has 2 aliphatic carbocycles. The third-order valence-electron chi connectivity index (χ3n) is 5.71. The Bertz CT molecular complexity index is 373. The lowest BCUT2D eigenvalue weighted by atomic mass is 9.73. The van der Waals surface area contributed by atoms with Gasteiger partial charge in [-0.1, -0.05) is 55.2 Å². The highest BCUT2D eigenvalue weighted by molar-refractivity contribution is 14.1. The minimum atomic E-state index is -0.882. The molecule has 1 atom stereocenters.